The highest BCUT2D eigenvalue weighted by atomic mass is 35.5. The first-order valence-corrected chi connectivity index (χ1v) is 12.4. The molecule has 38 heavy (non-hydrogen) atoms. The van der Waals surface area contributed by atoms with Gasteiger partial charge in [-0.3, -0.25) is 9.67 Å². The molecule has 1 unspecified atom stereocenters. The van der Waals surface area contributed by atoms with Gasteiger partial charge >= 0.3 is 0 Å². The van der Waals surface area contributed by atoms with E-state index in [-0.39, 0.29) is 22.5 Å². The first-order valence-electron chi connectivity index (χ1n) is 12.0. The summed E-state index contributed by atoms with van der Waals surface area (Å²) in [4.78, 5) is 8.53. The van der Waals surface area contributed by atoms with Crippen LogP contribution in [0.2, 0.25) is 5.02 Å². The summed E-state index contributed by atoms with van der Waals surface area (Å²) in [5.74, 6) is -0.428. The first-order chi connectivity index (χ1) is 18.5. The molecule has 6 rings (SSSR count). The second-order valence-electron chi connectivity index (χ2n) is 9.12. The van der Waals surface area contributed by atoms with Gasteiger partial charge in [-0.2, -0.15) is 14.5 Å². The van der Waals surface area contributed by atoms with E-state index in [1.165, 1.54) is 24.2 Å². The van der Waals surface area contributed by atoms with Crippen LogP contribution in [-0.2, 0) is 0 Å². The summed E-state index contributed by atoms with van der Waals surface area (Å²) in [6.07, 6.45) is 9.60. The maximum atomic E-state index is 15.2. The van der Waals surface area contributed by atoms with Crippen LogP contribution in [0.3, 0.4) is 0 Å². The third-order valence-electron chi connectivity index (χ3n) is 6.64. The molecule has 1 fully saturated rings. The number of aromatic nitrogens is 8. The zero-order valence-electron chi connectivity index (χ0n) is 20.2. The Morgan fingerprint density at radius 1 is 1.13 bits per heavy atom. The summed E-state index contributed by atoms with van der Waals surface area (Å²) in [6, 6.07) is 9.89. The number of hydrogen-bond acceptors (Lipinski definition) is 6. The maximum Gasteiger partial charge on any atom is 0.293 e. The smallest absolute Gasteiger partial charge is 0.293 e. The molecule has 1 saturated carbocycles. The molecule has 0 aliphatic heterocycles. The van der Waals surface area contributed by atoms with Gasteiger partial charge in [0, 0.05) is 35.2 Å². The molecule has 4 aromatic heterocycles. The lowest BCUT2D eigenvalue weighted by Crippen LogP contribution is -2.33. The molecule has 5 aromatic rings. The topological polar surface area (TPSA) is 98.3 Å². The summed E-state index contributed by atoms with van der Waals surface area (Å²) >= 11 is 6.11. The second-order valence-corrected chi connectivity index (χ2v) is 9.53. The average molecular weight is 536 g/mol. The Hall–Kier alpha value is -4.25. The minimum absolute atomic E-state index is 0.00293. The Kier molecular flexibility index (Phi) is 6.28. The van der Waals surface area contributed by atoms with Crippen LogP contribution in [0.15, 0.2) is 61.3 Å². The van der Waals surface area contributed by atoms with Crippen molar-refractivity contribution in [3.8, 4) is 33.8 Å². The van der Waals surface area contributed by atoms with Gasteiger partial charge < -0.3 is 4.74 Å². The van der Waals surface area contributed by atoms with Gasteiger partial charge in [0.15, 0.2) is 11.0 Å². The molecule has 1 N–H and O–H groups in total. The molecule has 9 nitrogen and oxygen atoms in total. The lowest BCUT2D eigenvalue weighted by Gasteiger charge is -2.18. The molecule has 1 aliphatic rings. The van der Waals surface area contributed by atoms with Gasteiger partial charge in [-0.05, 0) is 36.6 Å². The monoisotopic (exact) mass is 535 g/mol. The fourth-order valence-corrected chi connectivity index (χ4v) is 4.64. The Morgan fingerprint density at radius 2 is 2.00 bits per heavy atom. The number of hydrogen-bond donors (Lipinski definition) is 1. The molecule has 12 heteroatoms. The van der Waals surface area contributed by atoms with Crippen LogP contribution in [0.25, 0.3) is 27.9 Å². The molecule has 0 amide bonds. The third-order valence-corrected chi connectivity index (χ3v) is 6.94. The van der Waals surface area contributed by atoms with Crippen LogP contribution in [0.5, 0.6) is 5.88 Å². The van der Waals surface area contributed by atoms with E-state index in [9.17, 15) is 4.39 Å². The molecule has 1 aromatic carbocycles. The van der Waals surface area contributed by atoms with Crippen molar-refractivity contribution < 1.29 is 18.2 Å². The van der Waals surface area contributed by atoms with Crippen LogP contribution < -0.4 is 9.42 Å². The summed E-state index contributed by atoms with van der Waals surface area (Å²) in [5, 5.41) is 14.7. The quantitative estimate of drug-likeness (QED) is 0.228. The number of methoxy groups -OCH3 is 1. The Morgan fingerprint density at radius 3 is 2.68 bits per heavy atom. The van der Waals surface area contributed by atoms with E-state index in [2.05, 4.69) is 25.6 Å². The van der Waals surface area contributed by atoms with E-state index < -0.39 is 11.8 Å². The normalized spacial score (nSPS) is 14.0. The molecule has 0 radical (unpaired) electrons. The van der Waals surface area contributed by atoms with Crippen molar-refractivity contribution in [1.82, 2.24) is 35.3 Å². The number of rotatable bonds is 8. The lowest BCUT2D eigenvalue weighted by molar-refractivity contribution is -0.659. The number of aromatic amines is 1. The second kappa shape index (κ2) is 9.90. The van der Waals surface area contributed by atoms with E-state index in [0.29, 0.717) is 28.3 Å². The molecule has 1 atom stereocenters. The van der Waals surface area contributed by atoms with Crippen molar-refractivity contribution in [2.45, 2.75) is 25.3 Å². The number of ether oxygens (including phenoxy) is 1. The fourth-order valence-electron chi connectivity index (χ4n) is 4.49. The SMILES string of the molecule is COc1ccc(-c2cnn(C(CC3CC3)c3ccc(-c4c(-[n+]5cnn[nH]5)ccc(Cl)c4F)cn3)c2)c(F)n1. The van der Waals surface area contributed by atoms with Crippen molar-refractivity contribution in [3.63, 3.8) is 0 Å². The minimum atomic E-state index is -0.630. The van der Waals surface area contributed by atoms with Crippen molar-refractivity contribution in [3.05, 3.63) is 83.8 Å². The van der Waals surface area contributed by atoms with E-state index in [1.807, 2.05) is 12.1 Å². The van der Waals surface area contributed by atoms with Crippen LogP contribution >= 0.6 is 11.6 Å². The zero-order chi connectivity index (χ0) is 26.2. The molecule has 4 heterocycles. The predicted octanol–water partition coefficient (Wildman–Crippen LogP) is 4.73. The first kappa shape index (κ1) is 24.1. The maximum absolute atomic E-state index is 15.2. The highest BCUT2D eigenvalue weighted by molar-refractivity contribution is 6.31. The van der Waals surface area contributed by atoms with Gasteiger partial charge in [-0.15, -0.1) is 4.68 Å². The van der Waals surface area contributed by atoms with E-state index >= 15 is 4.39 Å². The van der Waals surface area contributed by atoms with Crippen LogP contribution in [0.4, 0.5) is 8.78 Å². The van der Waals surface area contributed by atoms with Gasteiger partial charge in [0.1, 0.15) is 10.8 Å². The summed E-state index contributed by atoms with van der Waals surface area (Å²) in [7, 11) is 1.44. The number of halogens is 3. The fraction of sp³-hybridized carbons (Fsp3) is 0.231. The molecular weight excluding hydrogens is 514 g/mol. The molecule has 0 bridgehead atoms. The lowest BCUT2D eigenvalue weighted by atomic mass is 10.0. The largest absolute Gasteiger partial charge is 0.481 e. The number of nitrogens with one attached hydrogen (secondary N) is 1. The van der Waals surface area contributed by atoms with E-state index in [4.69, 9.17) is 21.3 Å². The van der Waals surface area contributed by atoms with Gasteiger partial charge in [0.2, 0.25) is 11.8 Å². The highest BCUT2D eigenvalue weighted by Gasteiger charge is 2.29. The van der Waals surface area contributed by atoms with Crippen LogP contribution in [-0.4, -0.2) is 42.4 Å². The molecule has 1 aliphatic carbocycles. The minimum Gasteiger partial charge on any atom is -0.481 e. The Bertz CT molecular complexity index is 1590. The number of pyridine rings is 2. The predicted molar refractivity (Wildman–Crippen MR) is 134 cm³/mol. The van der Waals surface area contributed by atoms with Gasteiger partial charge in [-0.1, -0.05) is 35.7 Å². The molecular formula is C26H22ClF2N8O+. The number of benzene rings is 1. The number of tetrazole rings is 1. The Balaban J connectivity index is 1.35. The average Bonchev–Trinajstić information content (AvgIpc) is 3.36. The van der Waals surface area contributed by atoms with Crippen molar-refractivity contribution in [2.75, 3.05) is 7.11 Å². The number of nitrogens with zero attached hydrogens (tertiary/aromatic N) is 7. The highest BCUT2D eigenvalue weighted by Crippen LogP contribution is 2.40. The number of H-pyrrole nitrogens is 1. The zero-order valence-corrected chi connectivity index (χ0v) is 21.0. The van der Waals surface area contributed by atoms with E-state index in [0.717, 1.165) is 25.0 Å². The van der Waals surface area contributed by atoms with Crippen molar-refractivity contribution >= 4 is 11.6 Å². The molecule has 0 spiro atoms. The third kappa shape index (κ3) is 4.60. The van der Waals surface area contributed by atoms with Gasteiger partial charge in [-0.25, -0.2) is 4.39 Å². The van der Waals surface area contributed by atoms with Crippen molar-refractivity contribution in [2.24, 2.45) is 5.92 Å². The van der Waals surface area contributed by atoms with E-state index in [1.54, 1.807) is 41.5 Å². The van der Waals surface area contributed by atoms with Crippen LogP contribution in [0, 0.1) is 17.7 Å². The summed E-state index contributed by atoms with van der Waals surface area (Å²) < 4.78 is 38.1. The summed E-state index contributed by atoms with van der Waals surface area (Å²) in [5.41, 5.74) is 3.02. The van der Waals surface area contributed by atoms with Gasteiger partial charge in [0.05, 0.1) is 35.6 Å². The summed E-state index contributed by atoms with van der Waals surface area (Å²) in [6.45, 7) is 0. The van der Waals surface area contributed by atoms with Crippen molar-refractivity contribution in [1.29, 1.82) is 0 Å². The molecule has 192 valence electrons. The van der Waals surface area contributed by atoms with Gasteiger partial charge in [0.25, 0.3) is 6.33 Å². The van der Waals surface area contributed by atoms with Crippen LogP contribution in [0.1, 0.15) is 31.0 Å². The standard InChI is InChI=1S/C26H21ClF2N8O/c1-38-23-9-5-18(26(29)33-23)17-12-32-36(13-17)22(10-15-2-3-15)20-7-4-16(11-30-20)24-21(37-14-31-34-35-37)8-6-19(27)25(24)28/h4-9,11-15,22H,2-3,10H2,1H3/p+1. The Labute approximate surface area is 221 Å². The molecule has 0 saturated heterocycles.